The van der Waals surface area contributed by atoms with Gasteiger partial charge in [0.1, 0.15) is 0 Å². The molecule has 0 aromatic heterocycles. The zero-order valence-corrected chi connectivity index (χ0v) is 10.2. The first-order valence-corrected chi connectivity index (χ1v) is 6.26. The van der Waals surface area contributed by atoms with E-state index in [4.69, 9.17) is 5.73 Å². The molecule has 0 spiro atoms. The van der Waals surface area contributed by atoms with Crippen molar-refractivity contribution in [1.82, 2.24) is 5.32 Å². The van der Waals surface area contributed by atoms with Crippen LogP contribution in [0.1, 0.15) is 33.6 Å². The molecule has 0 bridgehead atoms. The Morgan fingerprint density at radius 2 is 2.14 bits per heavy atom. The average molecular weight is 218 g/mol. The highest BCUT2D eigenvalue weighted by Gasteiger charge is 2.16. The molecule has 0 aromatic carbocycles. The van der Waals surface area contributed by atoms with E-state index in [2.05, 4.69) is 12.2 Å². The van der Waals surface area contributed by atoms with E-state index >= 15 is 0 Å². The zero-order valence-electron chi connectivity index (χ0n) is 9.43. The standard InChI is InChI=1S/C10H22N2OS/c1-4-10(2,3)12-9(13)8-14-7-5-6-11/h4-8,11H2,1-3H3,(H,12,13). The van der Waals surface area contributed by atoms with Gasteiger partial charge in [-0.2, -0.15) is 11.8 Å². The van der Waals surface area contributed by atoms with Gasteiger partial charge in [0, 0.05) is 5.54 Å². The van der Waals surface area contributed by atoms with Crippen LogP contribution in [-0.2, 0) is 4.79 Å². The van der Waals surface area contributed by atoms with Crippen LogP contribution in [-0.4, -0.2) is 29.5 Å². The lowest BCUT2D eigenvalue weighted by Crippen LogP contribution is -2.43. The molecule has 0 fully saturated rings. The summed E-state index contributed by atoms with van der Waals surface area (Å²) in [7, 11) is 0. The van der Waals surface area contributed by atoms with Gasteiger partial charge in [-0.05, 0) is 39.0 Å². The molecule has 0 aliphatic heterocycles. The van der Waals surface area contributed by atoms with Crippen molar-refractivity contribution >= 4 is 17.7 Å². The van der Waals surface area contributed by atoms with E-state index < -0.39 is 0 Å². The summed E-state index contributed by atoms with van der Waals surface area (Å²) in [5.74, 6) is 1.64. The van der Waals surface area contributed by atoms with Gasteiger partial charge in [-0.3, -0.25) is 4.79 Å². The van der Waals surface area contributed by atoms with E-state index in [1.54, 1.807) is 11.8 Å². The third-order valence-corrected chi connectivity index (χ3v) is 3.13. The molecule has 0 unspecified atom stereocenters. The van der Waals surface area contributed by atoms with Crippen molar-refractivity contribution in [2.75, 3.05) is 18.1 Å². The number of carbonyl (C=O) groups excluding carboxylic acids is 1. The fourth-order valence-corrected chi connectivity index (χ4v) is 1.62. The van der Waals surface area contributed by atoms with E-state index in [0.29, 0.717) is 12.3 Å². The molecule has 0 heterocycles. The van der Waals surface area contributed by atoms with Crippen LogP contribution in [0.2, 0.25) is 0 Å². The van der Waals surface area contributed by atoms with Crippen LogP contribution in [0.3, 0.4) is 0 Å². The summed E-state index contributed by atoms with van der Waals surface area (Å²) in [6.07, 6.45) is 1.93. The van der Waals surface area contributed by atoms with Crippen molar-refractivity contribution in [1.29, 1.82) is 0 Å². The number of hydrogen-bond donors (Lipinski definition) is 2. The molecule has 0 aliphatic carbocycles. The van der Waals surface area contributed by atoms with E-state index in [1.807, 2.05) is 13.8 Å². The predicted molar refractivity (Wildman–Crippen MR) is 63.5 cm³/mol. The topological polar surface area (TPSA) is 55.1 Å². The van der Waals surface area contributed by atoms with Gasteiger partial charge in [0.05, 0.1) is 5.75 Å². The molecule has 4 heteroatoms. The highest BCUT2D eigenvalue weighted by molar-refractivity contribution is 7.99. The number of nitrogens with one attached hydrogen (secondary N) is 1. The van der Waals surface area contributed by atoms with E-state index in [9.17, 15) is 4.79 Å². The lowest BCUT2D eigenvalue weighted by molar-refractivity contribution is -0.120. The van der Waals surface area contributed by atoms with Gasteiger partial charge in [-0.25, -0.2) is 0 Å². The van der Waals surface area contributed by atoms with E-state index in [1.165, 1.54) is 0 Å². The van der Waals surface area contributed by atoms with Crippen molar-refractivity contribution in [2.45, 2.75) is 39.2 Å². The van der Waals surface area contributed by atoms with Crippen LogP contribution >= 0.6 is 11.8 Å². The molecule has 0 radical (unpaired) electrons. The first kappa shape index (κ1) is 13.8. The Kier molecular flexibility index (Phi) is 7.01. The van der Waals surface area contributed by atoms with Gasteiger partial charge in [-0.1, -0.05) is 6.92 Å². The first-order valence-electron chi connectivity index (χ1n) is 5.10. The van der Waals surface area contributed by atoms with Gasteiger partial charge in [0.15, 0.2) is 0 Å². The summed E-state index contributed by atoms with van der Waals surface area (Å²) >= 11 is 1.65. The van der Waals surface area contributed by atoms with E-state index in [0.717, 1.165) is 18.6 Å². The summed E-state index contributed by atoms with van der Waals surface area (Å²) in [6.45, 7) is 6.85. The molecule has 1 amide bonds. The Labute approximate surface area is 91.2 Å². The maximum Gasteiger partial charge on any atom is 0.230 e. The minimum absolute atomic E-state index is 0.0779. The summed E-state index contributed by atoms with van der Waals surface area (Å²) in [6, 6.07) is 0. The lowest BCUT2D eigenvalue weighted by Gasteiger charge is -2.24. The summed E-state index contributed by atoms with van der Waals surface area (Å²) in [5, 5.41) is 2.99. The largest absolute Gasteiger partial charge is 0.351 e. The van der Waals surface area contributed by atoms with Gasteiger partial charge in [-0.15, -0.1) is 0 Å². The third-order valence-electron chi connectivity index (χ3n) is 2.09. The molecule has 3 nitrogen and oxygen atoms in total. The summed E-state index contributed by atoms with van der Waals surface area (Å²) in [5.41, 5.74) is 5.28. The predicted octanol–water partition coefficient (Wildman–Crippen LogP) is 1.37. The maximum absolute atomic E-state index is 11.4. The SMILES string of the molecule is CCC(C)(C)NC(=O)CSCCCN. The Morgan fingerprint density at radius 1 is 1.50 bits per heavy atom. The summed E-state index contributed by atoms with van der Waals surface area (Å²) < 4.78 is 0. The van der Waals surface area contributed by atoms with Crippen LogP contribution in [0, 0.1) is 0 Å². The fraction of sp³-hybridized carbons (Fsp3) is 0.900. The third kappa shape index (κ3) is 7.21. The Balaban J connectivity index is 3.55. The van der Waals surface area contributed by atoms with Crippen molar-refractivity contribution in [3.8, 4) is 0 Å². The Morgan fingerprint density at radius 3 is 2.64 bits per heavy atom. The number of hydrogen-bond acceptors (Lipinski definition) is 3. The second-order valence-corrected chi connectivity index (χ2v) is 5.09. The van der Waals surface area contributed by atoms with Crippen molar-refractivity contribution < 1.29 is 4.79 Å². The Bertz CT molecular complexity index is 172. The molecule has 0 atom stereocenters. The highest BCUT2D eigenvalue weighted by atomic mass is 32.2. The van der Waals surface area contributed by atoms with E-state index in [-0.39, 0.29) is 11.4 Å². The minimum Gasteiger partial charge on any atom is -0.351 e. The van der Waals surface area contributed by atoms with Gasteiger partial charge < -0.3 is 11.1 Å². The van der Waals surface area contributed by atoms with Crippen LogP contribution < -0.4 is 11.1 Å². The number of nitrogens with two attached hydrogens (primary N) is 1. The second-order valence-electron chi connectivity index (χ2n) is 3.98. The average Bonchev–Trinajstić information content (AvgIpc) is 2.12. The second kappa shape index (κ2) is 7.12. The molecular formula is C10H22N2OS. The molecule has 0 saturated heterocycles. The monoisotopic (exact) mass is 218 g/mol. The molecule has 0 rings (SSSR count). The van der Waals surface area contributed by atoms with Crippen molar-refractivity contribution in [3.05, 3.63) is 0 Å². The van der Waals surface area contributed by atoms with Crippen LogP contribution in [0.15, 0.2) is 0 Å². The minimum atomic E-state index is -0.0779. The molecule has 0 aromatic rings. The fourth-order valence-electron chi connectivity index (χ4n) is 0.852. The highest BCUT2D eigenvalue weighted by Crippen LogP contribution is 2.08. The molecule has 0 aliphatic rings. The van der Waals surface area contributed by atoms with Gasteiger partial charge in [0.2, 0.25) is 5.91 Å². The number of thioether (sulfide) groups is 1. The Hall–Kier alpha value is -0.220. The number of carbonyl (C=O) groups is 1. The molecular weight excluding hydrogens is 196 g/mol. The van der Waals surface area contributed by atoms with Gasteiger partial charge >= 0.3 is 0 Å². The van der Waals surface area contributed by atoms with Crippen LogP contribution in [0.5, 0.6) is 0 Å². The first-order chi connectivity index (χ1) is 6.52. The van der Waals surface area contributed by atoms with Gasteiger partial charge in [0.25, 0.3) is 0 Å². The van der Waals surface area contributed by atoms with Crippen LogP contribution in [0.4, 0.5) is 0 Å². The molecule has 14 heavy (non-hydrogen) atoms. The number of amides is 1. The lowest BCUT2D eigenvalue weighted by atomic mass is 10.0. The quantitative estimate of drug-likeness (QED) is 0.635. The molecule has 84 valence electrons. The van der Waals surface area contributed by atoms with Crippen LogP contribution in [0.25, 0.3) is 0 Å². The zero-order chi connectivity index (χ0) is 11.0. The number of rotatable bonds is 7. The maximum atomic E-state index is 11.4. The smallest absolute Gasteiger partial charge is 0.230 e. The molecule has 0 saturated carbocycles. The molecule has 3 N–H and O–H groups in total. The van der Waals surface area contributed by atoms with Crippen molar-refractivity contribution in [2.24, 2.45) is 5.73 Å². The normalized spacial score (nSPS) is 11.4. The van der Waals surface area contributed by atoms with Crippen molar-refractivity contribution in [3.63, 3.8) is 0 Å². The summed E-state index contributed by atoms with van der Waals surface area (Å²) in [4.78, 5) is 11.4.